The van der Waals surface area contributed by atoms with Gasteiger partial charge in [0.15, 0.2) is 0 Å². The van der Waals surface area contributed by atoms with E-state index in [4.69, 9.17) is 5.73 Å². The third-order valence-electron chi connectivity index (χ3n) is 4.61. The van der Waals surface area contributed by atoms with Crippen LogP contribution >= 0.6 is 0 Å². The Balaban J connectivity index is 1.91. The maximum absolute atomic E-state index is 12.7. The molecule has 5 heteroatoms. The molecule has 20 heavy (non-hydrogen) atoms. The minimum atomic E-state index is -0.737. The summed E-state index contributed by atoms with van der Waals surface area (Å²) in [5, 5.41) is 0. The molecule has 0 aromatic carbocycles. The fourth-order valence-corrected chi connectivity index (χ4v) is 3.35. The molecule has 2 aliphatic rings. The average Bonchev–Trinajstić information content (AvgIpc) is 3.22. The summed E-state index contributed by atoms with van der Waals surface area (Å²) in [7, 11) is 0. The summed E-state index contributed by atoms with van der Waals surface area (Å²) < 4.78 is 0. The van der Waals surface area contributed by atoms with Gasteiger partial charge in [0, 0.05) is 12.7 Å². The summed E-state index contributed by atoms with van der Waals surface area (Å²) in [4.78, 5) is 30.3. The van der Waals surface area contributed by atoms with Crippen LogP contribution in [0, 0.1) is 5.92 Å². The fourth-order valence-electron chi connectivity index (χ4n) is 3.35. The molecular formula is C15H19N3O2. The fraction of sp³-hybridized carbons (Fsp3) is 0.533. The number of hydrogen-bond donors (Lipinski definition) is 1. The molecule has 1 saturated carbocycles. The third kappa shape index (κ3) is 1.80. The smallest absolute Gasteiger partial charge is 0.273 e. The standard InChI is InChI=1S/C15H19N3O2/c1-2-10-5-6-17-12(8-10)13(19)18-7-3-4-11-9-15(11,18)14(16)20/h5-6,8,11H,2-4,7,9H2,1H3,(H2,16,20)/t11-,15+/m1/s1. The average molecular weight is 273 g/mol. The van der Waals surface area contributed by atoms with E-state index in [0.717, 1.165) is 24.8 Å². The Morgan fingerprint density at radius 2 is 2.35 bits per heavy atom. The zero-order chi connectivity index (χ0) is 14.3. The minimum absolute atomic E-state index is 0.165. The van der Waals surface area contributed by atoms with Crippen LogP contribution < -0.4 is 5.73 Å². The first-order chi connectivity index (χ1) is 9.59. The lowest BCUT2D eigenvalue weighted by Gasteiger charge is -2.34. The predicted molar refractivity (Wildman–Crippen MR) is 73.9 cm³/mol. The molecule has 106 valence electrons. The largest absolute Gasteiger partial charge is 0.368 e. The molecule has 1 saturated heterocycles. The molecule has 1 aromatic rings. The van der Waals surface area contributed by atoms with Crippen LogP contribution in [0.1, 0.15) is 42.2 Å². The Morgan fingerprint density at radius 3 is 3.05 bits per heavy atom. The summed E-state index contributed by atoms with van der Waals surface area (Å²) >= 11 is 0. The molecule has 0 bridgehead atoms. The molecule has 1 aromatic heterocycles. The molecule has 3 rings (SSSR count). The van der Waals surface area contributed by atoms with Crippen molar-refractivity contribution in [3.05, 3.63) is 29.6 Å². The van der Waals surface area contributed by atoms with E-state index in [2.05, 4.69) is 4.98 Å². The first-order valence-electron chi connectivity index (χ1n) is 7.16. The SMILES string of the molecule is CCc1ccnc(C(=O)N2CCC[C@@H]3C[C@@]32C(N)=O)c1. The normalized spacial score (nSPS) is 27.9. The molecular weight excluding hydrogens is 254 g/mol. The Morgan fingerprint density at radius 1 is 1.55 bits per heavy atom. The van der Waals surface area contributed by atoms with Crippen molar-refractivity contribution in [2.45, 2.75) is 38.1 Å². The number of piperidine rings is 1. The van der Waals surface area contributed by atoms with Gasteiger partial charge in [0.05, 0.1) is 0 Å². The van der Waals surface area contributed by atoms with E-state index in [1.54, 1.807) is 11.1 Å². The lowest BCUT2D eigenvalue weighted by Crippen LogP contribution is -2.54. The summed E-state index contributed by atoms with van der Waals surface area (Å²) in [6.45, 7) is 2.63. The second-order valence-electron chi connectivity index (χ2n) is 5.69. The van der Waals surface area contributed by atoms with Crippen molar-refractivity contribution in [2.75, 3.05) is 6.54 Å². The van der Waals surface area contributed by atoms with E-state index in [1.807, 2.05) is 19.1 Å². The van der Waals surface area contributed by atoms with Gasteiger partial charge in [-0.3, -0.25) is 14.6 Å². The molecule has 2 N–H and O–H groups in total. The molecule has 0 unspecified atom stereocenters. The zero-order valence-corrected chi connectivity index (χ0v) is 11.6. The van der Waals surface area contributed by atoms with Crippen molar-refractivity contribution in [1.29, 1.82) is 0 Å². The highest BCUT2D eigenvalue weighted by Crippen LogP contribution is 2.54. The van der Waals surface area contributed by atoms with Crippen molar-refractivity contribution in [1.82, 2.24) is 9.88 Å². The van der Waals surface area contributed by atoms with E-state index < -0.39 is 5.54 Å². The molecule has 2 fully saturated rings. The number of pyridine rings is 1. The molecule has 1 aliphatic heterocycles. The van der Waals surface area contributed by atoms with Crippen LogP contribution in [-0.2, 0) is 11.2 Å². The van der Waals surface area contributed by atoms with Crippen LogP contribution in [0.2, 0.25) is 0 Å². The van der Waals surface area contributed by atoms with E-state index in [-0.39, 0.29) is 17.7 Å². The van der Waals surface area contributed by atoms with Crippen molar-refractivity contribution >= 4 is 11.8 Å². The van der Waals surface area contributed by atoms with Gasteiger partial charge in [0.25, 0.3) is 5.91 Å². The lowest BCUT2D eigenvalue weighted by molar-refractivity contribution is -0.125. The number of hydrogen-bond acceptors (Lipinski definition) is 3. The quantitative estimate of drug-likeness (QED) is 0.896. The Kier molecular flexibility index (Phi) is 3.00. The van der Waals surface area contributed by atoms with Crippen LogP contribution in [0.3, 0.4) is 0 Å². The highest BCUT2D eigenvalue weighted by atomic mass is 16.2. The number of primary amides is 1. The first-order valence-corrected chi connectivity index (χ1v) is 7.16. The molecule has 5 nitrogen and oxygen atoms in total. The Hall–Kier alpha value is -1.91. The first kappa shape index (κ1) is 13.1. The lowest BCUT2D eigenvalue weighted by atomic mass is 10.0. The van der Waals surface area contributed by atoms with Gasteiger partial charge in [-0.15, -0.1) is 0 Å². The van der Waals surface area contributed by atoms with Crippen LogP contribution in [-0.4, -0.2) is 33.8 Å². The van der Waals surface area contributed by atoms with E-state index in [0.29, 0.717) is 18.7 Å². The summed E-state index contributed by atoms with van der Waals surface area (Å²) in [6, 6.07) is 3.71. The predicted octanol–water partition coefficient (Wildman–Crippen LogP) is 1.12. The van der Waals surface area contributed by atoms with Gasteiger partial charge in [0.2, 0.25) is 5.91 Å². The van der Waals surface area contributed by atoms with Gasteiger partial charge >= 0.3 is 0 Å². The van der Waals surface area contributed by atoms with Gasteiger partial charge < -0.3 is 10.6 Å². The maximum Gasteiger partial charge on any atom is 0.273 e. The van der Waals surface area contributed by atoms with Crippen molar-refractivity contribution in [2.24, 2.45) is 11.7 Å². The Labute approximate surface area is 118 Å². The van der Waals surface area contributed by atoms with Crippen LogP contribution in [0.25, 0.3) is 0 Å². The zero-order valence-electron chi connectivity index (χ0n) is 11.6. The molecule has 1 aliphatic carbocycles. The van der Waals surface area contributed by atoms with Gasteiger partial charge in [-0.2, -0.15) is 0 Å². The number of rotatable bonds is 3. The minimum Gasteiger partial charge on any atom is -0.368 e. The van der Waals surface area contributed by atoms with Crippen LogP contribution in [0.5, 0.6) is 0 Å². The van der Waals surface area contributed by atoms with Crippen molar-refractivity contribution in [3.63, 3.8) is 0 Å². The maximum atomic E-state index is 12.7. The monoisotopic (exact) mass is 273 g/mol. The number of nitrogens with zero attached hydrogens (tertiary/aromatic N) is 2. The highest BCUT2D eigenvalue weighted by molar-refractivity contribution is 5.99. The van der Waals surface area contributed by atoms with Crippen LogP contribution in [0.4, 0.5) is 0 Å². The second-order valence-corrected chi connectivity index (χ2v) is 5.69. The number of likely N-dealkylation sites (tertiary alicyclic amines) is 1. The van der Waals surface area contributed by atoms with E-state index >= 15 is 0 Å². The van der Waals surface area contributed by atoms with Crippen molar-refractivity contribution < 1.29 is 9.59 Å². The summed E-state index contributed by atoms with van der Waals surface area (Å²) in [5.41, 5.74) is 6.30. The van der Waals surface area contributed by atoms with Crippen molar-refractivity contribution in [3.8, 4) is 0 Å². The van der Waals surface area contributed by atoms with E-state index in [1.165, 1.54) is 0 Å². The number of carbonyl (C=O) groups excluding carboxylic acids is 2. The van der Waals surface area contributed by atoms with Gasteiger partial charge in [-0.25, -0.2) is 0 Å². The summed E-state index contributed by atoms with van der Waals surface area (Å²) in [5.74, 6) is -0.296. The molecule has 2 atom stereocenters. The highest BCUT2D eigenvalue weighted by Gasteiger charge is 2.65. The Bertz CT molecular complexity index is 572. The molecule has 0 spiro atoms. The van der Waals surface area contributed by atoms with Crippen LogP contribution in [0.15, 0.2) is 18.3 Å². The summed E-state index contributed by atoms with van der Waals surface area (Å²) in [6.07, 6.45) is 5.12. The third-order valence-corrected chi connectivity index (χ3v) is 4.61. The number of fused-ring (bicyclic) bond motifs is 1. The topological polar surface area (TPSA) is 76.3 Å². The molecule has 2 heterocycles. The number of aryl methyl sites for hydroxylation is 1. The number of amides is 2. The second kappa shape index (κ2) is 4.58. The number of nitrogens with two attached hydrogens (primary N) is 1. The van der Waals surface area contributed by atoms with Gasteiger partial charge in [0.1, 0.15) is 11.2 Å². The van der Waals surface area contributed by atoms with E-state index in [9.17, 15) is 9.59 Å². The molecule has 0 radical (unpaired) electrons. The number of carbonyl (C=O) groups is 2. The van der Waals surface area contributed by atoms with Gasteiger partial charge in [-0.05, 0) is 49.3 Å². The molecule has 2 amide bonds. The van der Waals surface area contributed by atoms with Gasteiger partial charge in [-0.1, -0.05) is 6.92 Å². The number of aromatic nitrogens is 1.